The van der Waals surface area contributed by atoms with Crippen molar-refractivity contribution in [2.24, 2.45) is 0 Å². The lowest BCUT2D eigenvalue weighted by atomic mass is 10.1. The molecule has 0 fully saturated rings. The molecule has 2 aromatic heterocycles. The highest BCUT2D eigenvalue weighted by atomic mass is 35.5. The van der Waals surface area contributed by atoms with Gasteiger partial charge in [-0.25, -0.2) is 0 Å². The zero-order chi connectivity index (χ0) is 22.1. The van der Waals surface area contributed by atoms with Gasteiger partial charge >= 0.3 is 0 Å². The lowest BCUT2D eigenvalue weighted by molar-refractivity contribution is 1.68. The molecule has 0 bridgehead atoms. The van der Waals surface area contributed by atoms with E-state index in [9.17, 15) is 0 Å². The molecule has 0 atom stereocenters. The fraction of sp³-hybridized carbons (Fsp3) is 0. The van der Waals surface area contributed by atoms with Gasteiger partial charge in [0.2, 0.25) is 0 Å². The standard InChI is InChI=1S/C18H2Cl10S2/c19-7-5(8(20)12(24)15(27)11(7)23)3-1-29-18-4(2-30-17(3)18)6-9(21)13(25)16(28)14(26)10(6)22/h1-2H. The molecular weight excluding hydrogens is 635 g/mol. The first-order valence-corrected chi connectivity index (χ1v) is 13.1. The van der Waals surface area contributed by atoms with Gasteiger partial charge in [0.15, 0.2) is 0 Å². The Kier molecular flexibility index (Phi) is 7.23. The van der Waals surface area contributed by atoms with Crippen LogP contribution in [0.5, 0.6) is 0 Å². The van der Waals surface area contributed by atoms with Crippen LogP contribution in [-0.4, -0.2) is 0 Å². The molecule has 2 aromatic carbocycles. The van der Waals surface area contributed by atoms with E-state index in [2.05, 4.69) is 0 Å². The molecule has 0 N–H and O–H groups in total. The van der Waals surface area contributed by atoms with E-state index < -0.39 is 0 Å². The highest BCUT2D eigenvalue weighted by molar-refractivity contribution is 7.27. The van der Waals surface area contributed by atoms with Crippen LogP contribution in [-0.2, 0) is 0 Å². The van der Waals surface area contributed by atoms with Crippen molar-refractivity contribution in [1.29, 1.82) is 0 Å². The molecule has 0 aliphatic carbocycles. The average molecular weight is 637 g/mol. The molecule has 0 saturated heterocycles. The molecular formula is C18H2Cl10S2. The predicted molar refractivity (Wildman–Crippen MR) is 141 cm³/mol. The number of hydrogen-bond acceptors (Lipinski definition) is 2. The van der Waals surface area contributed by atoms with Crippen molar-refractivity contribution < 1.29 is 0 Å². The van der Waals surface area contributed by atoms with E-state index >= 15 is 0 Å². The maximum Gasteiger partial charge on any atom is 0.0809 e. The molecule has 0 spiro atoms. The monoisotopic (exact) mass is 632 g/mol. The van der Waals surface area contributed by atoms with E-state index in [-0.39, 0.29) is 50.2 Å². The Labute approximate surface area is 229 Å². The minimum absolute atomic E-state index is 0.0967. The van der Waals surface area contributed by atoms with E-state index in [4.69, 9.17) is 116 Å². The van der Waals surface area contributed by atoms with Crippen molar-refractivity contribution in [3.63, 3.8) is 0 Å². The van der Waals surface area contributed by atoms with E-state index in [1.165, 1.54) is 22.7 Å². The van der Waals surface area contributed by atoms with Crippen LogP contribution in [0, 0.1) is 0 Å². The number of hydrogen-bond donors (Lipinski definition) is 0. The predicted octanol–water partition coefficient (Wildman–Crippen LogP) is 12.8. The van der Waals surface area contributed by atoms with Gasteiger partial charge in [-0.2, -0.15) is 0 Å². The molecule has 0 amide bonds. The van der Waals surface area contributed by atoms with Crippen molar-refractivity contribution >= 4 is 148 Å². The van der Waals surface area contributed by atoms with Crippen LogP contribution in [0.25, 0.3) is 31.7 Å². The van der Waals surface area contributed by atoms with Crippen LogP contribution in [0.2, 0.25) is 50.2 Å². The quantitative estimate of drug-likeness (QED) is 0.152. The van der Waals surface area contributed by atoms with Gasteiger partial charge in [-0.05, 0) is 0 Å². The second-order valence-electron chi connectivity index (χ2n) is 5.85. The van der Waals surface area contributed by atoms with Crippen LogP contribution in [0.1, 0.15) is 0 Å². The molecule has 0 nitrogen and oxygen atoms in total. The van der Waals surface area contributed by atoms with Gasteiger partial charge < -0.3 is 0 Å². The summed E-state index contributed by atoms with van der Waals surface area (Å²) >= 11 is 65.9. The highest BCUT2D eigenvalue weighted by Crippen LogP contribution is 2.55. The van der Waals surface area contributed by atoms with Crippen LogP contribution in [0.4, 0.5) is 0 Å². The molecule has 0 aliphatic heterocycles. The van der Waals surface area contributed by atoms with Crippen molar-refractivity contribution in [3.8, 4) is 22.3 Å². The summed E-state index contributed by atoms with van der Waals surface area (Å²) in [6.45, 7) is 0. The molecule has 0 aliphatic rings. The number of halogens is 10. The SMILES string of the molecule is Clc1c(Cl)c(Cl)c(-c2csc3c(-c4c(Cl)c(Cl)c(Cl)c(Cl)c4Cl)csc23)c(Cl)c1Cl. The van der Waals surface area contributed by atoms with E-state index in [0.29, 0.717) is 11.1 Å². The van der Waals surface area contributed by atoms with Crippen LogP contribution >= 0.6 is 139 Å². The Morgan fingerprint density at radius 3 is 0.867 bits per heavy atom. The van der Waals surface area contributed by atoms with Gasteiger partial charge in [0.05, 0.1) is 59.6 Å². The van der Waals surface area contributed by atoms with Gasteiger partial charge in [-0.15, -0.1) is 22.7 Å². The summed E-state index contributed by atoms with van der Waals surface area (Å²) in [5.74, 6) is 0. The third kappa shape index (κ3) is 3.64. The van der Waals surface area contributed by atoms with E-state index in [0.717, 1.165) is 20.5 Å². The zero-order valence-electron chi connectivity index (χ0n) is 13.8. The van der Waals surface area contributed by atoms with Crippen LogP contribution < -0.4 is 0 Å². The lowest BCUT2D eigenvalue weighted by Crippen LogP contribution is -1.85. The number of rotatable bonds is 2. The zero-order valence-corrected chi connectivity index (χ0v) is 22.9. The number of fused-ring (bicyclic) bond motifs is 1. The number of thiophene rings is 2. The Bertz CT molecular complexity index is 1190. The minimum Gasteiger partial charge on any atom is -0.142 e. The first kappa shape index (κ1) is 24.1. The maximum atomic E-state index is 6.46. The maximum absolute atomic E-state index is 6.46. The average Bonchev–Trinajstić information content (AvgIpc) is 3.32. The Morgan fingerprint density at radius 2 is 0.600 bits per heavy atom. The minimum atomic E-state index is 0.0967. The second-order valence-corrected chi connectivity index (χ2v) is 11.4. The molecule has 0 unspecified atom stereocenters. The van der Waals surface area contributed by atoms with E-state index in [1.807, 2.05) is 10.8 Å². The van der Waals surface area contributed by atoms with Gasteiger partial charge in [0, 0.05) is 33.0 Å². The number of benzene rings is 2. The topological polar surface area (TPSA) is 0 Å². The van der Waals surface area contributed by atoms with Crippen molar-refractivity contribution in [2.45, 2.75) is 0 Å². The Balaban J connectivity index is 2.02. The van der Waals surface area contributed by atoms with Crippen molar-refractivity contribution in [2.75, 3.05) is 0 Å². The summed E-state index contributed by atoms with van der Waals surface area (Å²) in [4.78, 5) is 0. The molecule has 30 heavy (non-hydrogen) atoms. The van der Waals surface area contributed by atoms with Gasteiger partial charge in [0.1, 0.15) is 0 Å². The van der Waals surface area contributed by atoms with Crippen LogP contribution in [0.15, 0.2) is 10.8 Å². The normalized spacial score (nSPS) is 11.7. The first-order chi connectivity index (χ1) is 14.1. The molecule has 156 valence electrons. The second kappa shape index (κ2) is 8.98. The summed E-state index contributed by atoms with van der Waals surface area (Å²) < 4.78 is 1.75. The molecule has 12 heteroatoms. The highest BCUT2D eigenvalue weighted by Gasteiger charge is 2.26. The summed E-state index contributed by atoms with van der Waals surface area (Å²) in [5.41, 5.74) is 2.48. The molecule has 2 heterocycles. The van der Waals surface area contributed by atoms with E-state index in [1.54, 1.807) is 0 Å². The van der Waals surface area contributed by atoms with Crippen molar-refractivity contribution in [1.82, 2.24) is 0 Å². The fourth-order valence-corrected chi connectivity index (χ4v) is 7.92. The molecule has 4 rings (SSSR count). The molecule has 0 radical (unpaired) electrons. The van der Waals surface area contributed by atoms with Crippen molar-refractivity contribution in [3.05, 3.63) is 61.0 Å². The van der Waals surface area contributed by atoms with Gasteiger partial charge in [0.25, 0.3) is 0 Å². The summed E-state index contributed by atoms with van der Waals surface area (Å²) in [6.07, 6.45) is 0. The summed E-state index contributed by atoms with van der Waals surface area (Å²) in [7, 11) is 0. The third-order valence-electron chi connectivity index (χ3n) is 4.24. The summed E-state index contributed by atoms with van der Waals surface area (Å²) in [6, 6.07) is 0. The van der Waals surface area contributed by atoms with Gasteiger partial charge in [-0.1, -0.05) is 116 Å². The summed E-state index contributed by atoms with van der Waals surface area (Å²) in [5, 5.41) is 5.31. The first-order valence-electron chi connectivity index (χ1n) is 7.60. The lowest BCUT2D eigenvalue weighted by Gasteiger charge is -2.12. The molecule has 0 saturated carbocycles. The fourth-order valence-electron chi connectivity index (χ4n) is 2.85. The molecule has 4 aromatic rings. The third-order valence-corrected chi connectivity index (χ3v) is 11.0. The van der Waals surface area contributed by atoms with Crippen LogP contribution in [0.3, 0.4) is 0 Å². The van der Waals surface area contributed by atoms with Gasteiger partial charge in [-0.3, -0.25) is 0 Å². The smallest absolute Gasteiger partial charge is 0.0809 e. The Morgan fingerprint density at radius 1 is 0.367 bits per heavy atom. The Hall–Kier alpha value is 1.000. The largest absolute Gasteiger partial charge is 0.142 e.